The highest BCUT2D eigenvalue weighted by molar-refractivity contribution is 5.72. The van der Waals surface area contributed by atoms with Gasteiger partial charge in [0.2, 0.25) is 0 Å². The summed E-state index contributed by atoms with van der Waals surface area (Å²) in [6, 6.07) is 8.68. The van der Waals surface area contributed by atoms with Gasteiger partial charge in [0.15, 0.2) is 11.9 Å². The van der Waals surface area contributed by atoms with Crippen LogP contribution in [0.15, 0.2) is 30.3 Å². The average molecular weight is 260 g/mol. The summed E-state index contributed by atoms with van der Waals surface area (Å²) >= 11 is 0. The molecule has 0 saturated heterocycles. The number of carboxylic acid groups (broad SMARTS) is 1. The molecule has 2 aromatic rings. The van der Waals surface area contributed by atoms with Crippen LogP contribution in [0.1, 0.15) is 37.2 Å². The molecule has 0 aliphatic rings. The van der Waals surface area contributed by atoms with Gasteiger partial charge in [-0.1, -0.05) is 44.2 Å². The monoisotopic (exact) mass is 260 g/mol. The summed E-state index contributed by atoms with van der Waals surface area (Å²) in [6.45, 7) is 3.87. The SMILES string of the molecule is CC(C)c1nnnn1C(Cc1ccccc1)C(=O)O. The van der Waals surface area contributed by atoms with Gasteiger partial charge < -0.3 is 5.11 Å². The Morgan fingerprint density at radius 3 is 2.58 bits per heavy atom. The minimum absolute atomic E-state index is 0.0765. The van der Waals surface area contributed by atoms with E-state index in [1.807, 2.05) is 44.2 Å². The van der Waals surface area contributed by atoms with Crippen LogP contribution in [-0.2, 0) is 11.2 Å². The van der Waals surface area contributed by atoms with Gasteiger partial charge in [-0.3, -0.25) is 0 Å². The van der Waals surface area contributed by atoms with Crippen LogP contribution in [0.2, 0.25) is 0 Å². The molecule has 0 radical (unpaired) electrons. The first-order valence-corrected chi connectivity index (χ1v) is 6.14. The second-order valence-corrected chi connectivity index (χ2v) is 4.68. The molecule has 1 heterocycles. The van der Waals surface area contributed by atoms with E-state index in [0.717, 1.165) is 5.56 Å². The topological polar surface area (TPSA) is 80.9 Å². The van der Waals surface area contributed by atoms with Crippen LogP contribution in [0.5, 0.6) is 0 Å². The van der Waals surface area contributed by atoms with Crippen molar-refractivity contribution >= 4 is 5.97 Å². The molecule has 1 unspecified atom stereocenters. The van der Waals surface area contributed by atoms with Crippen molar-refractivity contribution in [3.8, 4) is 0 Å². The van der Waals surface area contributed by atoms with Gasteiger partial charge in [0.25, 0.3) is 0 Å². The van der Waals surface area contributed by atoms with Crippen LogP contribution in [-0.4, -0.2) is 31.3 Å². The van der Waals surface area contributed by atoms with Crippen molar-refractivity contribution < 1.29 is 9.90 Å². The molecule has 0 fully saturated rings. The Morgan fingerprint density at radius 1 is 1.32 bits per heavy atom. The predicted octanol–water partition coefficient (Wildman–Crippen LogP) is 1.66. The molecule has 19 heavy (non-hydrogen) atoms. The van der Waals surface area contributed by atoms with E-state index in [4.69, 9.17) is 0 Å². The minimum atomic E-state index is -0.932. The van der Waals surface area contributed by atoms with Gasteiger partial charge in [0, 0.05) is 12.3 Å². The number of aliphatic carboxylic acids is 1. The average Bonchev–Trinajstić information content (AvgIpc) is 2.86. The van der Waals surface area contributed by atoms with Gasteiger partial charge in [-0.2, -0.15) is 0 Å². The maximum Gasteiger partial charge on any atom is 0.328 e. The van der Waals surface area contributed by atoms with Gasteiger partial charge >= 0.3 is 5.97 Å². The van der Waals surface area contributed by atoms with Crippen molar-refractivity contribution in [3.05, 3.63) is 41.7 Å². The van der Waals surface area contributed by atoms with Crippen LogP contribution < -0.4 is 0 Å². The summed E-state index contributed by atoms with van der Waals surface area (Å²) < 4.78 is 1.40. The first-order valence-electron chi connectivity index (χ1n) is 6.14. The molecule has 6 nitrogen and oxygen atoms in total. The molecule has 1 aromatic carbocycles. The predicted molar refractivity (Wildman–Crippen MR) is 68.7 cm³/mol. The number of hydrogen-bond acceptors (Lipinski definition) is 4. The fraction of sp³-hybridized carbons (Fsp3) is 0.385. The van der Waals surface area contributed by atoms with E-state index in [1.165, 1.54) is 4.68 Å². The molecule has 0 aliphatic heterocycles. The molecule has 1 atom stereocenters. The Morgan fingerprint density at radius 2 is 2.00 bits per heavy atom. The largest absolute Gasteiger partial charge is 0.480 e. The second-order valence-electron chi connectivity index (χ2n) is 4.68. The zero-order valence-corrected chi connectivity index (χ0v) is 10.9. The Balaban J connectivity index is 2.30. The van der Waals surface area contributed by atoms with Crippen molar-refractivity contribution in [1.29, 1.82) is 0 Å². The molecule has 0 spiro atoms. The fourth-order valence-electron chi connectivity index (χ4n) is 1.92. The third-order valence-electron chi connectivity index (χ3n) is 2.89. The van der Waals surface area contributed by atoms with E-state index < -0.39 is 12.0 Å². The highest BCUT2D eigenvalue weighted by Crippen LogP contribution is 2.19. The molecular weight excluding hydrogens is 244 g/mol. The van der Waals surface area contributed by atoms with Crippen molar-refractivity contribution in [2.75, 3.05) is 0 Å². The lowest BCUT2D eigenvalue weighted by Gasteiger charge is -2.15. The van der Waals surface area contributed by atoms with Crippen LogP contribution in [0, 0.1) is 0 Å². The highest BCUT2D eigenvalue weighted by atomic mass is 16.4. The molecule has 1 aromatic heterocycles. The van der Waals surface area contributed by atoms with Gasteiger partial charge in [-0.25, -0.2) is 9.48 Å². The summed E-state index contributed by atoms with van der Waals surface area (Å²) in [5.74, 6) is -0.269. The van der Waals surface area contributed by atoms with E-state index in [-0.39, 0.29) is 5.92 Å². The number of benzene rings is 1. The Hall–Kier alpha value is -2.24. The van der Waals surface area contributed by atoms with E-state index in [9.17, 15) is 9.90 Å². The van der Waals surface area contributed by atoms with Gasteiger partial charge in [-0.15, -0.1) is 5.10 Å². The summed E-state index contributed by atoms with van der Waals surface area (Å²) in [5.41, 5.74) is 0.945. The van der Waals surface area contributed by atoms with E-state index in [0.29, 0.717) is 12.2 Å². The smallest absolute Gasteiger partial charge is 0.328 e. The number of aromatic nitrogens is 4. The van der Waals surface area contributed by atoms with Crippen LogP contribution in [0.25, 0.3) is 0 Å². The Kier molecular flexibility index (Phi) is 3.89. The van der Waals surface area contributed by atoms with E-state index in [2.05, 4.69) is 15.5 Å². The highest BCUT2D eigenvalue weighted by Gasteiger charge is 2.25. The lowest BCUT2D eigenvalue weighted by molar-refractivity contribution is -0.141. The van der Waals surface area contributed by atoms with Gasteiger partial charge in [-0.05, 0) is 16.0 Å². The summed E-state index contributed by atoms with van der Waals surface area (Å²) in [5, 5.41) is 20.7. The molecular formula is C13H16N4O2. The van der Waals surface area contributed by atoms with E-state index in [1.54, 1.807) is 0 Å². The summed E-state index contributed by atoms with van der Waals surface area (Å²) in [6.07, 6.45) is 0.362. The molecule has 2 rings (SSSR count). The first-order chi connectivity index (χ1) is 9.09. The quantitative estimate of drug-likeness (QED) is 0.884. The Labute approximate surface area is 111 Å². The number of hydrogen-bond donors (Lipinski definition) is 1. The molecule has 100 valence electrons. The maximum absolute atomic E-state index is 11.5. The maximum atomic E-state index is 11.5. The first kappa shape index (κ1) is 13.2. The minimum Gasteiger partial charge on any atom is -0.480 e. The van der Waals surface area contributed by atoms with Crippen LogP contribution in [0.4, 0.5) is 0 Å². The normalized spacial score (nSPS) is 12.6. The zero-order chi connectivity index (χ0) is 13.8. The van der Waals surface area contributed by atoms with Crippen LogP contribution >= 0.6 is 0 Å². The fourth-order valence-corrected chi connectivity index (χ4v) is 1.92. The summed E-state index contributed by atoms with van der Waals surface area (Å²) in [7, 11) is 0. The number of carboxylic acids is 1. The second kappa shape index (κ2) is 5.60. The lowest BCUT2D eigenvalue weighted by atomic mass is 10.1. The molecule has 1 N–H and O–H groups in total. The summed E-state index contributed by atoms with van der Waals surface area (Å²) in [4.78, 5) is 11.5. The number of tetrazole rings is 1. The molecule has 0 amide bonds. The van der Waals surface area contributed by atoms with Crippen molar-refractivity contribution in [3.63, 3.8) is 0 Å². The number of nitrogens with zero attached hydrogens (tertiary/aromatic N) is 4. The standard InChI is InChI=1S/C13H16N4O2/c1-9(2)12-14-15-16-17(12)11(13(18)19)8-10-6-4-3-5-7-10/h3-7,9,11H,8H2,1-2H3,(H,18,19). The zero-order valence-electron chi connectivity index (χ0n) is 10.9. The third-order valence-corrected chi connectivity index (χ3v) is 2.89. The Bertz CT molecular complexity index is 551. The molecule has 0 bridgehead atoms. The third kappa shape index (κ3) is 2.96. The van der Waals surface area contributed by atoms with Crippen molar-refractivity contribution in [2.24, 2.45) is 0 Å². The van der Waals surface area contributed by atoms with Gasteiger partial charge in [0.05, 0.1) is 0 Å². The van der Waals surface area contributed by atoms with Gasteiger partial charge in [0.1, 0.15) is 0 Å². The van der Waals surface area contributed by atoms with Crippen molar-refractivity contribution in [1.82, 2.24) is 20.2 Å². The molecule has 0 saturated carbocycles. The van der Waals surface area contributed by atoms with Crippen molar-refractivity contribution in [2.45, 2.75) is 32.2 Å². The number of carbonyl (C=O) groups is 1. The lowest BCUT2D eigenvalue weighted by Crippen LogP contribution is -2.25. The molecule has 6 heteroatoms. The van der Waals surface area contributed by atoms with E-state index >= 15 is 0 Å². The molecule has 0 aliphatic carbocycles. The van der Waals surface area contributed by atoms with Crippen LogP contribution in [0.3, 0.4) is 0 Å². The number of rotatable bonds is 5.